The van der Waals surface area contributed by atoms with E-state index in [1.165, 1.54) is 37.4 Å². The molecule has 1 aromatic carbocycles. The number of hydrogen-bond acceptors (Lipinski definition) is 18. The summed E-state index contributed by atoms with van der Waals surface area (Å²) in [4.78, 5) is 151. The lowest BCUT2D eigenvalue weighted by Crippen LogP contribution is -2.60. The maximum Gasteiger partial charge on any atom is 0.327 e. The van der Waals surface area contributed by atoms with Crippen LogP contribution < -0.4 is 54.2 Å². The molecule has 4 unspecified atom stereocenters. The molecule has 65 heavy (non-hydrogen) atoms. The number of carboxylic acid groups (broad SMARTS) is 3. The standard InChI is InChI=1S/C37H47N13O14S/c1-2-19(30(56)46-22(11-26(53)54)32(58)47-23(12-38)33(59)48-24(15-65)36(63)64)44-31(57)20(9-10-51)43-25(52)8-7-21(35(61)62)45-29(55)16-3-5-17(6-4-16)40-13-18-14-41-28-27(42-18)34(60)50-37(39)49-28/h3-6,10,14,19-24,40,65H,2,7-9,11-13,15,38H2,1H3,(H,43,52)(H,44,57)(H,45,55)(H,46,56)(H,47,58)(H,48,59)(H,53,54)(H,61,62)(H,63,64)(H3,39,41,49,50,60)/t19-,20?,21?,22?,23-,24?/m0/s1. The van der Waals surface area contributed by atoms with Crippen LogP contribution >= 0.6 is 12.6 Å². The van der Waals surface area contributed by atoms with Gasteiger partial charge in [0.15, 0.2) is 11.2 Å². The van der Waals surface area contributed by atoms with Crippen LogP contribution in [0.5, 0.6) is 0 Å². The van der Waals surface area contributed by atoms with Gasteiger partial charge in [0.2, 0.25) is 35.5 Å². The Hall–Kier alpha value is -7.75. The van der Waals surface area contributed by atoms with Crippen molar-refractivity contribution in [2.75, 3.05) is 23.3 Å². The van der Waals surface area contributed by atoms with Gasteiger partial charge in [-0.1, -0.05) is 6.92 Å². The first-order chi connectivity index (χ1) is 30.8. The quantitative estimate of drug-likeness (QED) is 0.0268. The van der Waals surface area contributed by atoms with Gasteiger partial charge in [0.25, 0.3) is 11.5 Å². The summed E-state index contributed by atoms with van der Waals surface area (Å²) in [5.74, 6) is -11.0. The lowest BCUT2D eigenvalue weighted by Gasteiger charge is -2.25. The Morgan fingerprint density at radius 3 is 1.95 bits per heavy atom. The highest BCUT2D eigenvalue weighted by molar-refractivity contribution is 7.80. The van der Waals surface area contributed by atoms with Crippen molar-refractivity contribution in [3.05, 3.63) is 52.1 Å². The number of thiol groups is 1. The van der Waals surface area contributed by atoms with E-state index in [1.807, 2.05) is 0 Å². The van der Waals surface area contributed by atoms with Crippen molar-refractivity contribution in [3.8, 4) is 0 Å². The summed E-state index contributed by atoms with van der Waals surface area (Å²) in [5.41, 5.74) is 11.5. The molecule has 0 saturated carbocycles. The Kier molecular flexibility index (Phi) is 19.7. The zero-order valence-corrected chi connectivity index (χ0v) is 35.3. The molecule has 0 fully saturated rings. The first-order valence-corrected chi connectivity index (χ1v) is 20.0. The summed E-state index contributed by atoms with van der Waals surface area (Å²) in [6, 6.07) is -3.68. The van der Waals surface area contributed by atoms with Gasteiger partial charge in [-0.2, -0.15) is 17.6 Å². The smallest absolute Gasteiger partial charge is 0.327 e. The lowest BCUT2D eigenvalue weighted by molar-refractivity contribution is -0.143. The van der Waals surface area contributed by atoms with Crippen molar-refractivity contribution < 1.29 is 63.3 Å². The molecule has 2 heterocycles. The number of carbonyl (C=O) groups excluding carboxylic acids is 7. The van der Waals surface area contributed by atoms with Crippen LogP contribution in [-0.2, 0) is 49.7 Å². The zero-order valence-electron chi connectivity index (χ0n) is 34.4. The number of amides is 6. The molecule has 6 amide bonds. The zero-order chi connectivity index (χ0) is 48.4. The van der Waals surface area contributed by atoms with Gasteiger partial charge >= 0.3 is 17.9 Å². The van der Waals surface area contributed by atoms with Crippen LogP contribution in [0.2, 0.25) is 0 Å². The van der Waals surface area contributed by atoms with Crippen molar-refractivity contribution in [3.63, 3.8) is 0 Å². The first kappa shape index (κ1) is 51.6. The molecule has 0 aliphatic heterocycles. The predicted molar refractivity (Wildman–Crippen MR) is 228 cm³/mol. The number of carbonyl (C=O) groups is 10. The molecule has 0 spiro atoms. The minimum absolute atomic E-state index is 0.0158. The Morgan fingerprint density at radius 2 is 1.37 bits per heavy atom. The fourth-order valence-corrected chi connectivity index (χ4v) is 5.85. The molecule has 0 aliphatic carbocycles. The molecular weight excluding hydrogens is 883 g/mol. The molecule has 0 radical (unpaired) electrons. The third-order valence-corrected chi connectivity index (χ3v) is 9.44. The number of hydrogen-bond donors (Lipinski definition) is 14. The summed E-state index contributed by atoms with van der Waals surface area (Å²) in [6.07, 6.45) is -1.12. The summed E-state index contributed by atoms with van der Waals surface area (Å²) in [6.45, 7) is 0.989. The van der Waals surface area contributed by atoms with E-state index >= 15 is 0 Å². The third kappa shape index (κ3) is 15.8. The molecule has 2 aromatic heterocycles. The fourth-order valence-electron chi connectivity index (χ4n) is 5.60. The second-order valence-electron chi connectivity index (χ2n) is 13.8. The molecule has 15 N–H and O–H groups in total. The monoisotopic (exact) mass is 929 g/mol. The number of rotatable bonds is 26. The molecule has 3 aromatic rings. The highest BCUT2D eigenvalue weighted by Gasteiger charge is 2.33. The minimum atomic E-state index is -1.84. The molecule has 0 saturated heterocycles. The topological polar surface area (TPSA) is 439 Å². The predicted octanol–water partition coefficient (Wildman–Crippen LogP) is -4.26. The van der Waals surface area contributed by atoms with E-state index in [2.05, 4.69) is 69.8 Å². The number of carboxylic acids is 3. The maximum absolute atomic E-state index is 13.2. The number of nitrogen functional groups attached to an aromatic ring is 1. The number of benzene rings is 1. The third-order valence-electron chi connectivity index (χ3n) is 9.07. The van der Waals surface area contributed by atoms with Gasteiger partial charge < -0.3 is 68.8 Å². The van der Waals surface area contributed by atoms with Crippen LogP contribution in [-0.4, -0.2) is 143 Å². The normalized spacial score (nSPS) is 13.6. The molecule has 28 heteroatoms. The van der Waals surface area contributed by atoms with Crippen LogP contribution in [0.3, 0.4) is 0 Å². The Morgan fingerprint density at radius 1 is 0.785 bits per heavy atom. The summed E-state index contributed by atoms with van der Waals surface area (Å²) >= 11 is 3.82. The highest BCUT2D eigenvalue weighted by atomic mass is 32.1. The van der Waals surface area contributed by atoms with Crippen LogP contribution in [0.15, 0.2) is 35.3 Å². The molecule has 27 nitrogen and oxygen atoms in total. The number of H-pyrrole nitrogens is 1. The molecule has 0 bridgehead atoms. The molecule has 350 valence electrons. The maximum atomic E-state index is 13.2. The van der Waals surface area contributed by atoms with Crippen LogP contribution in [0, 0.1) is 0 Å². The average Bonchev–Trinajstić information content (AvgIpc) is 3.26. The van der Waals surface area contributed by atoms with Gasteiger partial charge in [0.05, 0.1) is 24.9 Å². The van der Waals surface area contributed by atoms with Crippen molar-refractivity contribution in [2.45, 2.75) is 81.8 Å². The average molecular weight is 930 g/mol. The number of aliphatic carboxylic acids is 3. The highest BCUT2D eigenvalue weighted by Crippen LogP contribution is 2.13. The van der Waals surface area contributed by atoms with E-state index in [0.717, 1.165) is 0 Å². The molecule has 3 rings (SSSR count). The van der Waals surface area contributed by atoms with E-state index in [-0.39, 0.29) is 47.7 Å². The summed E-state index contributed by atoms with van der Waals surface area (Å²) in [7, 11) is 0. The fraction of sp³-hybridized carbons (Fsp3) is 0.405. The number of anilines is 2. The van der Waals surface area contributed by atoms with Gasteiger partial charge in [-0.25, -0.2) is 19.6 Å². The summed E-state index contributed by atoms with van der Waals surface area (Å²) in [5, 5.41) is 44.6. The molecule has 6 atom stereocenters. The second-order valence-corrected chi connectivity index (χ2v) is 14.2. The molecular formula is C37H47N13O14S. The molecule has 0 aliphatic rings. The number of nitrogens with two attached hydrogens (primary N) is 2. The van der Waals surface area contributed by atoms with Crippen LogP contribution in [0.4, 0.5) is 11.6 Å². The van der Waals surface area contributed by atoms with Gasteiger partial charge in [0, 0.05) is 36.4 Å². The van der Waals surface area contributed by atoms with E-state index in [1.54, 1.807) is 0 Å². The number of nitrogens with one attached hydrogen (secondary N) is 8. The number of fused-ring (bicyclic) bond motifs is 1. The Bertz CT molecular complexity index is 2330. The largest absolute Gasteiger partial charge is 0.481 e. The van der Waals surface area contributed by atoms with Crippen molar-refractivity contribution in [1.82, 2.24) is 51.8 Å². The second kappa shape index (κ2) is 24.8. The van der Waals surface area contributed by atoms with Gasteiger partial charge in [-0.15, -0.1) is 0 Å². The van der Waals surface area contributed by atoms with Gasteiger partial charge in [-0.3, -0.25) is 43.3 Å². The number of aromatic nitrogens is 4. The number of aldehydes is 1. The van der Waals surface area contributed by atoms with E-state index in [0.29, 0.717) is 11.4 Å². The van der Waals surface area contributed by atoms with Crippen molar-refractivity contribution in [2.24, 2.45) is 5.73 Å². The lowest BCUT2D eigenvalue weighted by atomic mass is 10.1. The summed E-state index contributed by atoms with van der Waals surface area (Å²) < 4.78 is 0. The van der Waals surface area contributed by atoms with Crippen molar-refractivity contribution >= 4 is 95.1 Å². The number of nitrogens with zero attached hydrogens (tertiary/aromatic N) is 3. The van der Waals surface area contributed by atoms with E-state index in [9.17, 15) is 63.0 Å². The Labute approximate surface area is 372 Å². The Balaban J connectivity index is 1.57. The number of aromatic amines is 1. The van der Waals surface area contributed by atoms with Crippen LogP contribution in [0.1, 0.15) is 55.1 Å². The van der Waals surface area contributed by atoms with E-state index in [4.69, 9.17) is 16.6 Å². The van der Waals surface area contributed by atoms with Gasteiger partial charge in [-0.05, 0) is 37.1 Å². The van der Waals surface area contributed by atoms with Crippen LogP contribution in [0.25, 0.3) is 11.2 Å². The first-order valence-electron chi connectivity index (χ1n) is 19.4. The van der Waals surface area contributed by atoms with Crippen molar-refractivity contribution in [1.29, 1.82) is 0 Å². The SMILES string of the molecule is CC[C@H](NC(=O)C(CC=O)NC(=O)CCC(NC(=O)c1ccc(NCc2cnc3nc(N)[nH]c(=O)c3n2)cc1)C(=O)O)C(=O)NC(CC(=O)O)C(=O)N[C@@H](CN)C(=O)NC(CS)C(=O)O. The van der Waals surface area contributed by atoms with Gasteiger partial charge in [0.1, 0.15) is 42.5 Å². The van der Waals surface area contributed by atoms with E-state index < -0.39 is 127 Å². The minimum Gasteiger partial charge on any atom is -0.481 e.